The molecule has 1 atom stereocenters. The van der Waals surface area contributed by atoms with Gasteiger partial charge in [-0.25, -0.2) is 0 Å². The van der Waals surface area contributed by atoms with Crippen LogP contribution in [0.1, 0.15) is 44.5 Å². The lowest BCUT2D eigenvalue weighted by Gasteiger charge is -2.42. The third-order valence-corrected chi connectivity index (χ3v) is 15.0. The molecule has 1 aromatic heterocycles. The highest BCUT2D eigenvalue weighted by atomic mass is 16.3. The van der Waals surface area contributed by atoms with Crippen molar-refractivity contribution in [1.29, 1.82) is 0 Å². The maximum Gasteiger partial charge on any atom is 0.137 e. The van der Waals surface area contributed by atoms with Crippen LogP contribution in [-0.4, -0.2) is 0 Å². The van der Waals surface area contributed by atoms with E-state index in [4.69, 9.17) is 4.42 Å². The number of hydrogen-bond acceptors (Lipinski definition) is 2. The van der Waals surface area contributed by atoms with Crippen LogP contribution in [0.4, 0.5) is 17.1 Å². The van der Waals surface area contributed by atoms with E-state index in [1.54, 1.807) is 0 Å². The summed E-state index contributed by atoms with van der Waals surface area (Å²) in [5.41, 5.74) is 18.7. The Labute approximate surface area is 395 Å². The zero-order valence-corrected chi connectivity index (χ0v) is 37.2. The lowest BCUT2D eigenvalue weighted by Crippen LogP contribution is -2.34. The summed E-state index contributed by atoms with van der Waals surface area (Å²) in [5.74, 6) is 0. The largest absolute Gasteiger partial charge is 0.456 e. The highest BCUT2D eigenvalue weighted by Gasteiger charge is 2.47. The first-order valence-corrected chi connectivity index (χ1v) is 23.6. The Morgan fingerprint density at radius 2 is 0.750 bits per heavy atom. The molecule has 318 valence electrons. The summed E-state index contributed by atoms with van der Waals surface area (Å²) in [4.78, 5) is 2.45. The molecule has 68 heavy (non-hydrogen) atoms. The van der Waals surface area contributed by atoms with Gasteiger partial charge in [-0.1, -0.05) is 212 Å². The van der Waals surface area contributed by atoms with Gasteiger partial charge in [0.2, 0.25) is 0 Å². The number of hydrogen-bond donors (Lipinski definition) is 0. The molecule has 2 aliphatic rings. The summed E-state index contributed by atoms with van der Waals surface area (Å²) in [6.07, 6.45) is 0. The molecular weight excluding hydrogens is 823 g/mol. The summed E-state index contributed by atoms with van der Waals surface area (Å²) in [6, 6.07) is 96.4. The molecule has 2 aliphatic carbocycles. The van der Waals surface area contributed by atoms with Gasteiger partial charge in [-0.15, -0.1) is 0 Å². The molecule has 2 nitrogen and oxygen atoms in total. The lowest BCUT2D eigenvalue weighted by molar-refractivity contribution is 0.669. The van der Waals surface area contributed by atoms with Crippen LogP contribution in [0.25, 0.3) is 55.0 Å². The predicted octanol–water partition coefficient (Wildman–Crippen LogP) is 16.9. The van der Waals surface area contributed by atoms with Crippen molar-refractivity contribution in [2.75, 3.05) is 4.90 Å². The van der Waals surface area contributed by atoms with Crippen LogP contribution in [0, 0.1) is 0 Å². The average Bonchev–Trinajstić information content (AvgIpc) is 3.93. The molecule has 0 amide bonds. The molecular formula is C66H43NO. The normalized spacial score (nSPS) is 15.2. The van der Waals surface area contributed by atoms with Crippen molar-refractivity contribution >= 4 is 49.8 Å². The van der Waals surface area contributed by atoms with E-state index >= 15 is 0 Å². The topological polar surface area (TPSA) is 16.4 Å². The molecule has 0 N–H and O–H groups in total. The maximum atomic E-state index is 6.65. The van der Waals surface area contributed by atoms with Crippen molar-refractivity contribution in [2.24, 2.45) is 0 Å². The molecule has 1 heterocycles. The zero-order valence-electron chi connectivity index (χ0n) is 37.2. The number of rotatable bonds is 7. The first kappa shape index (κ1) is 38.5. The van der Waals surface area contributed by atoms with Crippen molar-refractivity contribution in [1.82, 2.24) is 0 Å². The number of nitrogens with zero attached hydrogens (tertiary/aromatic N) is 1. The number of benzene rings is 11. The van der Waals surface area contributed by atoms with E-state index in [2.05, 4.69) is 260 Å². The Hall–Kier alpha value is -8.72. The van der Waals surface area contributed by atoms with E-state index in [9.17, 15) is 0 Å². The smallest absolute Gasteiger partial charge is 0.137 e. The van der Waals surface area contributed by atoms with E-state index < -0.39 is 10.8 Å². The molecule has 14 rings (SSSR count). The minimum Gasteiger partial charge on any atom is -0.456 e. The van der Waals surface area contributed by atoms with E-state index in [-0.39, 0.29) is 0 Å². The van der Waals surface area contributed by atoms with Gasteiger partial charge in [-0.3, -0.25) is 0 Å². The van der Waals surface area contributed by atoms with E-state index in [1.165, 1.54) is 77.5 Å². The van der Waals surface area contributed by atoms with Crippen LogP contribution in [0.15, 0.2) is 265 Å². The summed E-state index contributed by atoms with van der Waals surface area (Å²) in [6.45, 7) is 0. The molecule has 1 unspecified atom stereocenters. The Morgan fingerprint density at radius 3 is 1.46 bits per heavy atom. The minimum atomic E-state index is -0.633. The molecule has 0 aliphatic heterocycles. The maximum absolute atomic E-state index is 6.65. The van der Waals surface area contributed by atoms with Crippen molar-refractivity contribution in [3.8, 4) is 22.3 Å². The fourth-order valence-corrected chi connectivity index (χ4v) is 12.3. The molecule has 12 aromatic rings. The van der Waals surface area contributed by atoms with Gasteiger partial charge < -0.3 is 9.32 Å². The summed E-state index contributed by atoms with van der Waals surface area (Å²) < 4.78 is 6.65. The van der Waals surface area contributed by atoms with Crippen LogP contribution >= 0.6 is 0 Å². The second-order valence-electron chi connectivity index (χ2n) is 18.3. The van der Waals surface area contributed by atoms with Crippen molar-refractivity contribution < 1.29 is 4.42 Å². The average molecular weight is 866 g/mol. The fourth-order valence-electron chi connectivity index (χ4n) is 12.3. The van der Waals surface area contributed by atoms with E-state index in [0.29, 0.717) is 0 Å². The predicted molar refractivity (Wildman–Crippen MR) is 281 cm³/mol. The third-order valence-electron chi connectivity index (χ3n) is 15.0. The number of furan rings is 1. The molecule has 0 spiro atoms. The highest BCUT2D eigenvalue weighted by molar-refractivity contribution is 6.07. The Bertz CT molecular complexity index is 3880. The highest BCUT2D eigenvalue weighted by Crippen LogP contribution is 2.59. The first-order valence-electron chi connectivity index (χ1n) is 23.6. The van der Waals surface area contributed by atoms with Crippen LogP contribution < -0.4 is 4.90 Å². The number of fused-ring (bicyclic) bond motifs is 8. The zero-order chi connectivity index (χ0) is 44.8. The van der Waals surface area contributed by atoms with Crippen LogP contribution in [0.5, 0.6) is 0 Å². The molecule has 11 aromatic carbocycles. The van der Waals surface area contributed by atoms with Gasteiger partial charge in [0.05, 0.1) is 10.8 Å². The van der Waals surface area contributed by atoms with Gasteiger partial charge in [0.1, 0.15) is 11.2 Å². The monoisotopic (exact) mass is 865 g/mol. The Balaban J connectivity index is 1.06. The molecule has 0 saturated heterocycles. The van der Waals surface area contributed by atoms with Gasteiger partial charge >= 0.3 is 0 Å². The molecule has 0 radical (unpaired) electrons. The number of para-hydroxylation sites is 1. The third kappa shape index (κ3) is 5.34. The van der Waals surface area contributed by atoms with Gasteiger partial charge in [0.15, 0.2) is 0 Å². The van der Waals surface area contributed by atoms with Gasteiger partial charge in [-0.2, -0.15) is 0 Å². The van der Waals surface area contributed by atoms with E-state index in [0.717, 1.165) is 39.0 Å². The molecule has 2 heteroatoms. The summed E-state index contributed by atoms with van der Waals surface area (Å²) in [7, 11) is 0. The van der Waals surface area contributed by atoms with Gasteiger partial charge in [0.25, 0.3) is 0 Å². The van der Waals surface area contributed by atoms with Crippen LogP contribution in [0.2, 0.25) is 0 Å². The van der Waals surface area contributed by atoms with Crippen molar-refractivity contribution in [2.45, 2.75) is 10.8 Å². The SMILES string of the molecule is c1ccc(C2(c3ccccc3)c3ccccc3-c3ccc(N(c4cccc(C5(c6ccccc6)c6ccccc6-c6cccc7cccc5c67)c4)c4ccc5c(c4)oc4ccccc45)cc32)cc1. The quantitative estimate of drug-likeness (QED) is 0.159. The van der Waals surface area contributed by atoms with Gasteiger partial charge in [0, 0.05) is 33.9 Å². The summed E-state index contributed by atoms with van der Waals surface area (Å²) >= 11 is 0. The standard InChI is InChI=1S/C66H43NO/c1-4-21-45(22-5-1)65(46-23-6-2-7-24-46)58-33-13-10-29-52(58)54-39-37-50(42-61(54)65)67(51-38-40-56-55-31-12-15-36-62(55)68-63(56)43-51)49-28-18-27-48(41-49)66(47-25-8-3-9-26-47)59-34-14-11-30-53(59)57-32-16-19-44-20-17-35-60(66)64(44)57/h1-43H. The first-order chi connectivity index (χ1) is 33.7. The van der Waals surface area contributed by atoms with Crippen molar-refractivity contribution in [3.05, 3.63) is 305 Å². The number of anilines is 3. The molecule has 0 fully saturated rings. The van der Waals surface area contributed by atoms with Crippen LogP contribution in [-0.2, 0) is 10.8 Å². The lowest BCUT2D eigenvalue weighted by atomic mass is 9.59. The van der Waals surface area contributed by atoms with Gasteiger partial charge in [-0.05, 0) is 120 Å². The van der Waals surface area contributed by atoms with E-state index in [1.807, 2.05) is 6.07 Å². The summed E-state index contributed by atoms with van der Waals surface area (Å²) in [5, 5.41) is 4.75. The molecule has 0 saturated carbocycles. The molecule has 0 bridgehead atoms. The van der Waals surface area contributed by atoms with Crippen molar-refractivity contribution in [3.63, 3.8) is 0 Å². The minimum absolute atomic E-state index is 0.560. The Morgan fingerprint density at radius 1 is 0.279 bits per heavy atom. The second-order valence-corrected chi connectivity index (χ2v) is 18.3. The fraction of sp³-hybridized carbons (Fsp3) is 0.0303. The second kappa shape index (κ2) is 14.9. The Kier molecular flexibility index (Phi) is 8.45. The van der Waals surface area contributed by atoms with Crippen LogP contribution in [0.3, 0.4) is 0 Å².